The lowest BCUT2D eigenvalue weighted by Crippen LogP contribution is -2.37. The van der Waals surface area contributed by atoms with Crippen LogP contribution in [0.3, 0.4) is 0 Å². The number of nitrogens with zero attached hydrogens (tertiary/aromatic N) is 1. The lowest BCUT2D eigenvalue weighted by atomic mass is 9.85. The third-order valence-corrected chi connectivity index (χ3v) is 3.58. The van der Waals surface area contributed by atoms with Gasteiger partial charge in [-0.05, 0) is 18.4 Å². The summed E-state index contributed by atoms with van der Waals surface area (Å²) in [5.41, 5.74) is 6.28. The normalized spacial score (nSPS) is 14.0. The van der Waals surface area contributed by atoms with Crippen LogP contribution >= 0.6 is 11.3 Å². The van der Waals surface area contributed by atoms with Crippen molar-refractivity contribution in [2.24, 2.45) is 11.1 Å². The number of aromatic nitrogens is 1. The van der Waals surface area contributed by atoms with Crippen molar-refractivity contribution in [3.63, 3.8) is 0 Å². The Morgan fingerprint density at radius 3 is 2.75 bits per heavy atom. The van der Waals surface area contributed by atoms with Gasteiger partial charge in [0.1, 0.15) is 0 Å². The zero-order chi connectivity index (χ0) is 12.0. The Labute approximate surface area is 102 Å². The molecule has 1 unspecified atom stereocenters. The van der Waals surface area contributed by atoms with E-state index in [0.717, 1.165) is 25.9 Å². The van der Waals surface area contributed by atoms with Gasteiger partial charge in [-0.2, -0.15) is 0 Å². The second-order valence-electron chi connectivity index (χ2n) is 5.19. The highest BCUT2D eigenvalue weighted by Crippen LogP contribution is 2.18. The highest BCUT2D eigenvalue weighted by atomic mass is 32.1. The van der Waals surface area contributed by atoms with Gasteiger partial charge in [0.2, 0.25) is 0 Å². The molecule has 92 valence electrons. The molecule has 1 aromatic rings. The average Bonchev–Trinajstić information content (AvgIpc) is 2.68. The van der Waals surface area contributed by atoms with E-state index in [1.165, 1.54) is 5.01 Å². The molecule has 16 heavy (non-hydrogen) atoms. The van der Waals surface area contributed by atoms with Crippen molar-refractivity contribution in [1.29, 1.82) is 0 Å². The molecule has 3 N–H and O–H groups in total. The molecule has 0 radical (unpaired) electrons. The average molecular weight is 241 g/mol. The van der Waals surface area contributed by atoms with E-state index in [2.05, 4.69) is 31.1 Å². The van der Waals surface area contributed by atoms with Crippen molar-refractivity contribution in [3.05, 3.63) is 16.6 Å². The predicted octanol–water partition coefficient (Wildman–Crippen LogP) is 2.04. The van der Waals surface area contributed by atoms with Gasteiger partial charge in [-0.15, -0.1) is 11.3 Å². The van der Waals surface area contributed by atoms with Crippen molar-refractivity contribution in [3.8, 4) is 0 Å². The van der Waals surface area contributed by atoms with Crippen LogP contribution in [0.5, 0.6) is 0 Å². The van der Waals surface area contributed by atoms with E-state index in [4.69, 9.17) is 5.73 Å². The topological polar surface area (TPSA) is 50.9 Å². The molecule has 1 heterocycles. The van der Waals surface area contributed by atoms with Crippen molar-refractivity contribution < 1.29 is 0 Å². The minimum absolute atomic E-state index is 0.205. The Bertz CT molecular complexity index is 277. The summed E-state index contributed by atoms with van der Waals surface area (Å²) in [6, 6.07) is 0.264. The zero-order valence-corrected chi connectivity index (χ0v) is 11.3. The molecular weight excluding hydrogens is 218 g/mol. The maximum absolute atomic E-state index is 6.08. The third-order valence-electron chi connectivity index (χ3n) is 2.74. The summed E-state index contributed by atoms with van der Waals surface area (Å²) >= 11 is 1.72. The molecule has 0 aliphatic carbocycles. The first-order chi connectivity index (χ1) is 7.50. The Hall–Kier alpha value is -0.450. The Morgan fingerprint density at radius 2 is 2.19 bits per heavy atom. The first-order valence-electron chi connectivity index (χ1n) is 5.85. The van der Waals surface area contributed by atoms with Crippen molar-refractivity contribution in [1.82, 2.24) is 10.3 Å². The fraction of sp³-hybridized carbons (Fsp3) is 0.750. The maximum Gasteiger partial charge on any atom is 0.0937 e. The van der Waals surface area contributed by atoms with Gasteiger partial charge < -0.3 is 11.1 Å². The third kappa shape index (κ3) is 5.05. The minimum atomic E-state index is 0.205. The van der Waals surface area contributed by atoms with Gasteiger partial charge in [-0.3, -0.25) is 0 Å². The molecule has 0 fully saturated rings. The molecule has 1 atom stereocenters. The fourth-order valence-corrected chi connectivity index (χ4v) is 2.01. The van der Waals surface area contributed by atoms with Crippen molar-refractivity contribution in [2.45, 2.75) is 39.7 Å². The monoisotopic (exact) mass is 241 g/mol. The van der Waals surface area contributed by atoms with Crippen LogP contribution in [0.15, 0.2) is 11.6 Å². The smallest absolute Gasteiger partial charge is 0.0937 e. The van der Waals surface area contributed by atoms with Crippen LogP contribution in [0.4, 0.5) is 0 Å². The molecule has 0 aromatic carbocycles. The first kappa shape index (κ1) is 13.6. The van der Waals surface area contributed by atoms with Crippen LogP contribution in [0.25, 0.3) is 0 Å². The SMILES string of the molecule is CC(C)(C)C(N)CCNCCc1nccs1. The lowest BCUT2D eigenvalue weighted by molar-refractivity contribution is 0.303. The second kappa shape index (κ2) is 6.33. The van der Waals surface area contributed by atoms with Gasteiger partial charge in [-0.1, -0.05) is 20.8 Å². The van der Waals surface area contributed by atoms with Gasteiger partial charge in [-0.25, -0.2) is 4.98 Å². The number of nitrogens with two attached hydrogens (primary N) is 1. The van der Waals surface area contributed by atoms with E-state index in [-0.39, 0.29) is 11.5 Å². The van der Waals surface area contributed by atoms with Gasteiger partial charge in [0.25, 0.3) is 0 Å². The van der Waals surface area contributed by atoms with Crippen LogP contribution in [0, 0.1) is 5.41 Å². The number of hydrogen-bond donors (Lipinski definition) is 2. The summed E-state index contributed by atoms with van der Waals surface area (Å²) in [5.74, 6) is 0. The first-order valence-corrected chi connectivity index (χ1v) is 6.73. The van der Waals surface area contributed by atoms with E-state index < -0.39 is 0 Å². The number of thiazole rings is 1. The summed E-state index contributed by atoms with van der Waals surface area (Å²) in [6.45, 7) is 8.54. The van der Waals surface area contributed by atoms with Crippen LogP contribution in [-0.4, -0.2) is 24.1 Å². The van der Waals surface area contributed by atoms with Crippen LogP contribution in [0.2, 0.25) is 0 Å². The molecule has 0 aliphatic rings. The number of rotatable bonds is 6. The molecular formula is C12H23N3S. The predicted molar refractivity (Wildman–Crippen MR) is 70.7 cm³/mol. The zero-order valence-electron chi connectivity index (χ0n) is 10.5. The standard InChI is InChI=1S/C12H23N3S/c1-12(2,3)10(13)4-6-14-7-5-11-15-8-9-16-11/h8-10,14H,4-7,13H2,1-3H3. The Balaban J connectivity index is 2.04. The number of nitrogens with one attached hydrogen (secondary N) is 1. The molecule has 1 rings (SSSR count). The van der Waals surface area contributed by atoms with E-state index in [9.17, 15) is 0 Å². The summed E-state index contributed by atoms with van der Waals surface area (Å²) < 4.78 is 0. The van der Waals surface area contributed by atoms with E-state index >= 15 is 0 Å². The summed E-state index contributed by atoms with van der Waals surface area (Å²) in [6.07, 6.45) is 3.90. The molecule has 0 saturated carbocycles. The Morgan fingerprint density at radius 1 is 1.44 bits per heavy atom. The van der Waals surface area contributed by atoms with E-state index in [1.807, 2.05) is 11.6 Å². The molecule has 0 amide bonds. The molecule has 0 spiro atoms. The molecule has 0 bridgehead atoms. The largest absolute Gasteiger partial charge is 0.327 e. The highest BCUT2D eigenvalue weighted by Gasteiger charge is 2.19. The second-order valence-corrected chi connectivity index (χ2v) is 6.17. The summed E-state index contributed by atoms with van der Waals surface area (Å²) in [5, 5.41) is 6.63. The Kier molecular flexibility index (Phi) is 5.38. The van der Waals surface area contributed by atoms with Gasteiger partial charge in [0, 0.05) is 30.6 Å². The van der Waals surface area contributed by atoms with Crippen molar-refractivity contribution in [2.75, 3.05) is 13.1 Å². The van der Waals surface area contributed by atoms with Crippen LogP contribution in [-0.2, 0) is 6.42 Å². The van der Waals surface area contributed by atoms with Gasteiger partial charge in [0.15, 0.2) is 0 Å². The van der Waals surface area contributed by atoms with E-state index in [0.29, 0.717) is 0 Å². The maximum atomic E-state index is 6.08. The minimum Gasteiger partial charge on any atom is -0.327 e. The lowest BCUT2D eigenvalue weighted by Gasteiger charge is -2.27. The van der Waals surface area contributed by atoms with Gasteiger partial charge in [0.05, 0.1) is 5.01 Å². The molecule has 3 nitrogen and oxygen atoms in total. The van der Waals surface area contributed by atoms with Gasteiger partial charge >= 0.3 is 0 Å². The number of hydrogen-bond acceptors (Lipinski definition) is 4. The molecule has 1 aromatic heterocycles. The quantitative estimate of drug-likeness (QED) is 0.749. The molecule has 0 saturated heterocycles. The van der Waals surface area contributed by atoms with E-state index in [1.54, 1.807) is 11.3 Å². The van der Waals surface area contributed by atoms with Crippen LogP contribution in [0.1, 0.15) is 32.2 Å². The van der Waals surface area contributed by atoms with Crippen molar-refractivity contribution >= 4 is 11.3 Å². The summed E-state index contributed by atoms with van der Waals surface area (Å²) in [4.78, 5) is 4.24. The highest BCUT2D eigenvalue weighted by molar-refractivity contribution is 7.09. The van der Waals surface area contributed by atoms with Crippen LogP contribution < -0.4 is 11.1 Å². The fourth-order valence-electron chi connectivity index (χ4n) is 1.39. The molecule has 4 heteroatoms. The summed E-state index contributed by atoms with van der Waals surface area (Å²) in [7, 11) is 0. The molecule has 0 aliphatic heterocycles.